The lowest BCUT2D eigenvalue weighted by atomic mass is 9.72. The summed E-state index contributed by atoms with van der Waals surface area (Å²) in [7, 11) is 1.69. The van der Waals surface area contributed by atoms with Crippen molar-refractivity contribution in [3.8, 4) is 11.1 Å². The van der Waals surface area contributed by atoms with Crippen molar-refractivity contribution in [3.05, 3.63) is 95.5 Å². The van der Waals surface area contributed by atoms with Gasteiger partial charge in [0.05, 0.1) is 36.5 Å². The van der Waals surface area contributed by atoms with Gasteiger partial charge >= 0.3 is 6.03 Å². The van der Waals surface area contributed by atoms with Crippen LogP contribution in [0.1, 0.15) is 48.2 Å². The molecule has 2 unspecified atom stereocenters. The monoisotopic (exact) mass is 958 g/mol. The first-order chi connectivity index (χ1) is 33.3. The molecule has 5 aliphatic rings. The maximum Gasteiger partial charge on any atom is 0.329 e. The number of amides is 5. The van der Waals surface area contributed by atoms with Crippen LogP contribution >= 0.6 is 11.3 Å². The maximum atomic E-state index is 16.4. The van der Waals surface area contributed by atoms with Crippen molar-refractivity contribution in [2.24, 2.45) is 12.5 Å². The molecule has 7 aromatic rings. The van der Waals surface area contributed by atoms with E-state index in [9.17, 15) is 19.2 Å². The molecule has 5 amide bonds. The first kappa shape index (κ1) is 43.1. The predicted octanol–water partition coefficient (Wildman–Crippen LogP) is 5.17. The number of hydrogen-bond acceptors (Lipinski definition) is 12. The van der Waals surface area contributed by atoms with Crippen LogP contribution in [0.25, 0.3) is 32.9 Å². The van der Waals surface area contributed by atoms with Gasteiger partial charge in [0.1, 0.15) is 11.3 Å². The van der Waals surface area contributed by atoms with E-state index in [0.717, 1.165) is 30.9 Å². The van der Waals surface area contributed by atoms with Crippen LogP contribution in [0.3, 0.4) is 0 Å². The number of piperidine rings is 1. The van der Waals surface area contributed by atoms with E-state index in [2.05, 4.69) is 40.7 Å². The summed E-state index contributed by atoms with van der Waals surface area (Å²) in [6.45, 7) is 3.10. The Labute approximate surface area is 395 Å². The third kappa shape index (κ3) is 7.47. The number of pyridine rings is 1. The summed E-state index contributed by atoms with van der Waals surface area (Å²) >= 11 is 1.30. The quantitative estimate of drug-likeness (QED) is 0.184. The van der Waals surface area contributed by atoms with Gasteiger partial charge in [0.25, 0.3) is 11.8 Å². The van der Waals surface area contributed by atoms with Crippen molar-refractivity contribution >= 4 is 73.7 Å². The Bertz CT molecular complexity index is 3210. The minimum absolute atomic E-state index is 0.0895. The fourth-order valence-electron chi connectivity index (χ4n) is 10.9. The summed E-state index contributed by atoms with van der Waals surface area (Å²) in [6.07, 6.45) is 8.66. The SMILES string of the molecule is Cn1nc(N2CCC(=O)NC2=O)c2ccc(C3CCN(CC(=O)N4CC5(C4)CN(c4ccc(-c6ccc7cn(C(C(=O)Nc8nccs8)c8ncn9c8CCC9)nc7c6F)cn4)C5)CC3(F)F)cc21. The number of alkyl halides is 2. The zero-order valence-electron chi connectivity index (χ0n) is 37.3. The van der Waals surface area contributed by atoms with Crippen molar-refractivity contribution in [1.29, 1.82) is 0 Å². The summed E-state index contributed by atoms with van der Waals surface area (Å²) in [6, 6.07) is 10.7. The van der Waals surface area contributed by atoms with Crippen LogP contribution in [0.4, 0.5) is 34.7 Å². The van der Waals surface area contributed by atoms with Crippen LogP contribution < -0.4 is 20.4 Å². The predicted molar refractivity (Wildman–Crippen MR) is 249 cm³/mol. The highest BCUT2D eigenvalue weighted by Crippen LogP contribution is 2.44. The fourth-order valence-corrected chi connectivity index (χ4v) is 11.4. The Morgan fingerprint density at radius 1 is 0.971 bits per heavy atom. The van der Waals surface area contributed by atoms with Gasteiger partial charge in [0.15, 0.2) is 22.8 Å². The molecule has 0 bridgehead atoms. The number of halogens is 3. The Balaban J connectivity index is 0.658. The second kappa shape index (κ2) is 16.2. The van der Waals surface area contributed by atoms with E-state index in [-0.39, 0.29) is 54.6 Å². The summed E-state index contributed by atoms with van der Waals surface area (Å²) in [4.78, 5) is 71.6. The molecule has 69 heavy (non-hydrogen) atoms. The third-order valence-electron chi connectivity index (χ3n) is 14.3. The molecule has 18 nitrogen and oxygen atoms in total. The minimum Gasteiger partial charge on any atom is -0.355 e. The van der Waals surface area contributed by atoms with Crippen molar-refractivity contribution in [1.82, 2.24) is 54.2 Å². The number of urea groups is 1. The summed E-state index contributed by atoms with van der Waals surface area (Å²) in [5.74, 6) is -4.51. The molecule has 4 saturated heterocycles. The molecule has 0 aliphatic carbocycles. The van der Waals surface area contributed by atoms with Crippen molar-refractivity contribution < 1.29 is 32.3 Å². The van der Waals surface area contributed by atoms with E-state index >= 15 is 13.2 Å². The Morgan fingerprint density at radius 2 is 1.83 bits per heavy atom. The number of hydrogen-bond donors (Lipinski definition) is 2. The highest BCUT2D eigenvalue weighted by Gasteiger charge is 2.54. The maximum absolute atomic E-state index is 16.4. The number of rotatable bonds is 10. The normalized spacial score (nSPS) is 20.3. The van der Waals surface area contributed by atoms with Gasteiger partial charge in [0.2, 0.25) is 11.8 Å². The number of nitrogens with zero attached hydrogens (tertiary/aromatic N) is 12. The largest absolute Gasteiger partial charge is 0.355 e. The zero-order chi connectivity index (χ0) is 47.3. The van der Waals surface area contributed by atoms with Gasteiger partial charge in [0, 0.05) is 110 Å². The standard InChI is InChI=1S/C47H45F3N14O4S/c1-58-34-17-27(4-8-31(34)42(57-58)63-15-11-36(65)54-45(63)68)32-10-14-59(25-47(32,49)50)20-37(66)62-23-46(24-62)21-61(22-46)35-9-6-28(18-52-35)30-7-5-29-19-64(56-39(29)38(30)48)41(43(67)55-44-51-12-16-69-44)40-33-3-2-13-60(33)26-53-40/h4-9,12,16-19,26,32,41H,2-3,10-11,13-15,20-25H2,1H3,(H,51,55,67)(H,54,65,68). The van der Waals surface area contributed by atoms with Gasteiger partial charge in [-0.3, -0.25) is 44.2 Å². The molecule has 22 heteroatoms. The van der Waals surface area contributed by atoms with E-state index in [0.29, 0.717) is 82.3 Å². The Morgan fingerprint density at radius 3 is 2.59 bits per heavy atom. The smallest absolute Gasteiger partial charge is 0.329 e. The zero-order valence-corrected chi connectivity index (χ0v) is 38.1. The summed E-state index contributed by atoms with van der Waals surface area (Å²) in [5.41, 5.74) is 3.49. The second-order valence-electron chi connectivity index (χ2n) is 18.9. The van der Waals surface area contributed by atoms with Gasteiger partial charge in [-0.1, -0.05) is 18.2 Å². The van der Waals surface area contributed by atoms with Crippen molar-refractivity contribution in [3.63, 3.8) is 0 Å². The highest BCUT2D eigenvalue weighted by molar-refractivity contribution is 7.13. The van der Waals surface area contributed by atoms with E-state index in [1.54, 1.807) is 82.2 Å². The van der Waals surface area contributed by atoms with Gasteiger partial charge in [-0.2, -0.15) is 10.2 Å². The molecule has 2 aromatic carbocycles. The van der Waals surface area contributed by atoms with E-state index < -0.39 is 36.3 Å². The first-order valence-corrected chi connectivity index (χ1v) is 23.8. The van der Waals surface area contributed by atoms with Crippen molar-refractivity contribution in [2.75, 3.05) is 67.5 Å². The minimum atomic E-state index is -3.10. The molecule has 10 heterocycles. The van der Waals surface area contributed by atoms with E-state index in [4.69, 9.17) is 0 Å². The average Bonchev–Trinajstić information content (AvgIpc) is 4.15. The lowest BCUT2D eigenvalue weighted by Gasteiger charge is -2.60. The summed E-state index contributed by atoms with van der Waals surface area (Å²) < 4.78 is 53.2. The molecular weight excluding hydrogens is 914 g/mol. The van der Waals surface area contributed by atoms with Crippen LogP contribution in [0.15, 0.2) is 72.8 Å². The topological polar surface area (TPSA) is 185 Å². The number of nitrogens with one attached hydrogen (secondary N) is 2. The second-order valence-corrected chi connectivity index (χ2v) is 19.8. The molecule has 2 N–H and O–H groups in total. The number of fused-ring (bicyclic) bond motifs is 3. The lowest BCUT2D eigenvalue weighted by molar-refractivity contribution is -0.149. The molecule has 354 valence electrons. The number of anilines is 3. The number of imide groups is 1. The third-order valence-corrected chi connectivity index (χ3v) is 15.0. The Hall–Kier alpha value is -7.20. The van der Waals surface area contributed by atoms with E-state index in [1.165, 1.54) is 20.9 Å². The number of likely N-dealkylation sites (tertiary alicyclic amines) is 2. The first-order valence-electron chi connectivity index (χ1n) is 22.9. The average molecular weight is 959 g/mol. The fraction of sp³-hybridized carbons (Fsp3) is 0.383. The van der Waals surface area contributed by atoms with Gasteiger partial charge in [-0.15, -0.1) is 11.3 Å². The van der Waals surface area contributed by atoms with Crippen LogP contribution in [0.5, 0.6) is 0 Å². The van der Waals surface area contributed by atoms with E-state index in [1.807, 2.05) is 16.7 Å². The van der Waals surface area contributed by atoms with Crippen LogP contribution in [-0.4, -0.2) is 131 Å². The number of thiazole rings is 1. The molecule has 0 saturated carbocycles. The van der Waals surface area contributed by atoms with Crippen molar-refractivity contribution in [2.45, 2.75) is 50.1 Å². The molecule has 5 aromatic heterocycles. The van der Waals surface area contributed by atoms with Gasteiger partial charge < -0.3 is 14.4 Å². The number of benzene rings is 2. The molecule has 1 spiro atoms. The number of carbonyl (C=O) groups excluding carboxylic acids is 4. The lowest BCUT2D eigenvalue weighted by Crippen LogP contribution is -2.73. The molecule has 12 rings (SSSR count). The number of carbonyl (C=O) groups is 4. The number of aryl methyl sites for hydroxylation is 2. The number of aromatic nitrogens is 8. The Kier molecular flexibility index (Phi) is 10.1. The molecule has 0 radical (unpaired) electrons. The molecule has 4 fully saturated rings. The number of imidazole rings is 1. The summed E-state index contributed by atoms with van der Waals surface area (Å²) in [5, 5.41) is 17.6. The molecule has 5 aliphatic heterocycles. The highest BCUT2D eigenvalue weighted by atomic mass is 32.1. The van der Waals surface area contributed by atoms with Crippen LogP contribution in [0.2, 0.25) is 0 Å². The van der Waals surface area contributed by atoms with Crippen LogP contribution in [0, 0.1) is 11.2 Å². The van der Waals surface area contributed by atoms with Crippen LogP contribution in [-0.2, 0) is 34.4 Å². The van der Waals surface area contributed by atoms with Gasteiger partial charge in [-0.05, 0) is 55.6 Å². The molecule has 2 atom stereocenters. The molecular formula is C47H45F3N14O4S. The van der Waals surface area contributed by atoms with Gasteiger partial charge in [-0.25, -0.2) is 32.9 Å².